The van der Waals surface area contributed by atoms with Gasteiger partial charge in [-0.15, -0.1) is 0 Å². The van der Waals surface area contributed by atoms with Gasteiger partial charge in [0.05, 0.1) is 43.2 Å². The van der Waals surface area contributed by atoms with Crippen LogP contribution in [0.5, 0.6) is 17.2 Å². The fraction of sp³-hybridized carbons (Fsp3) is 0.185. The van der Waals surface area contributed by atoms with Gasteiger partial charge in [0.25, 0.3) is 11.7 Å². The molecule has 3 aromatic carbocycles. The molecule has 1 atom stereocenters. The first-order valence-corrected chi connectivity index (χ1v) is 11.5. The van der Waals surface area contributed by atoms with Crippen LogP contribution in [-0.4, -0.2) is 37.6 Å². The summed E-state index contributed by atoms with van der Waals surface area (Å²) in [6.07, 6.45) is 0. The molecule has 0 aromatic heterocycles. The number of ether oxygens (including phenoxy) is 3. The van der Waals surface area contributed by atoms with Gasteiger partial charge in [-0.1, -0.05) is 17.7 Å². The normalized spacial score (nSPS) is 16.7. The number of methoxy groups -OCH3 is 2. The Morgan fingerprint density at radius 2 is 1.68 bits per heavy atom. The number of nitrogens with zero attached hydrogens (tertiary/aromatic N) is 1. The van der Waals surface area contributed by atoms with Gasteiger partial charge in [-0.05, 0) is 55.0 Å². The Balaban J connectivity index is 1.98. The Morgan fingerprint density at radius 1 is 0.973 bits per heavy atom. The van der Waals surface area contributed by atoms with Crippen LogP contribution in [0.25, 0.3) is 5.76 Å². The minimum Gasteiger partial charge on any atom is -0.507 e. The van der Waals surface area contributed by atoms with Crippen LogP contribution in [0.1, 0.15) is 24.1 Å². The van der Waals surface area contributed by atoms with E-state index in [-0.39, 0.29) is 28.5 Å². The summed E-state index contributed by atoms with van der Waals surface area (Å²) in [5.41, 5.74) is -0.211. The van der Waals surface area contributed by atoms with Crippen molar-refractivity contribution in [2.75, 3.05) is 25.7 Å². The number of aliphatic hydroxyl groups excluding tert-OH is 1. The van der Waals surface area contributed by atoms with Gasteiger partial charge in [-0.3, -0.25) is 14.5 Å². The summed E-state index contributed by atoms with van der Waals surface area (Å²) in [5.74, 6) is -3.59. The van der Waals surface area contributed by atoms with Gasteiger partial charge >= 0.3 is 0 Å². The number of amides is 1. The summed E-state index contributed by atoms with van der Waals surface area (Å²) >= 11 is 6.21. The minimum absolute atomic E-state index is 0.131. The number of rotatable bonds is 7. The average molecular weight is 530 g/mol. The summed E-state index contributed by atoms with van der Waals surface area (Å²) in [5, 5.41) is 11.4. The lowest BCUT2D eigenvalue weighted by atomic mass is 9.94. The molecule has 0 aliphatic carbocycles. The van der Waals surface area contributed by atoms with Gasteiger partial charge in [0, 0.05) is 11.6 Å². The number of hydrogen-bond acceptors (Lipinski definition) is 6. The molecular formula is C27H22ClF2NO6. The monoisotopic (exact) mass is 529 g/mol. The Bertz CT molecular complexity index is 1420. The fourth-order valence-corrected chi connectivity index (χ4v) is 4.43. The second-order valence-corrected chi connectivity index (χ2v) is 8.36. The molecule has 0 radical (unpaired) electrons. The van der Waals surface area contributed by atoms with E-state index in [4.69, 9.17) is 25.8 Å². The maximum absolute atomic E-state index is 14.9. The van der Waals surface area contributed by atoms with Crippen LogP contribution >= 0.6 is 11.6 Å². The third kappa shape index (κ3) is 4.70. The smallest absolute Gasteiger partial charge is 0.300 e. The van der Waals surface area contributed by atoms with Crippen molar-refractivity contribution in [1.29, 1.82) is 0 Å². The second kappa shape index (κ2) is 10.5. The lowest BCUT2D eigenvalue weighted by Crippen LogP contribution is -2.30. The zero-order chi connectivity index (χ0) is 26.9. The molecule has 37 heavy (non-hydrogen) atoms. The number of halogens is 3. The molecule has 1 amide bonds. The van der Waals surface area contributed by atoms with Gasteiger partial charge in [0.2, 0.25) is 0 Å². The summed E-state index contributed by atoms with van der Waals surface area (Å²) < 4.78 is 44.6. The largest absolute Gasteiger partial charge is 0.507 e. The van der Waals surface area contributed by atoms with Crippen molar-refractivity contribution in [1.82, 2.24) is 0 Å². The van der Waals surface area contributed by atoms with Gasteiger partial charge in [0.1, 0.15) is 23.1 Å². The van der Waals surface area contributed by atoms with Crippen LogP contribution in [0.4, 0.5) is 14.5 Å². The highest BCUT2D eigenvalue weighted by molar-refractivity contribution is 6.51. The summed E-state index contributed by atoms with van der Waals surface area (Å²) in [7, 11) is 2.87. The highest BCUT2D eigenvalue weighted by Gasteiger charge is 2.48. The number of hydrogen-bond donors (Lipinski definition) is 1. The van der Waals surface area contributed by atoms with Gasteiger partial charge in [-0.25, -0.2) is 8.78 Å². The molecule has 1 N–H and O–H groups in total. The first-order valence-electron chi connectivity index (χ1n) is 11.1. The topological polar surface area (TPSA) is 85.3 Å². The van der Waals surface area contributed by atoms with Gasteiger partial charge in [-0.2, -0.15) is 0 Å². The molecule has 0 saturated carbocycles. The molecule has 7 nitrogen and oxygen atoms in total. The third-order valence-corrected chi connectivity index (χ3v) is 6.14. The van der Waals surface area contributed by atoms with Crippen LogP contribution in [0.15, 0.2) is 60.2 Å². The maximum atomic E-state index is 14.9. The number of carbonyl (C=O) groups is 2. The Hall–Kier alpha value is -4.11. The zero-order valence-electron chi connectivity index (χ0n) is 20.1. The number of benzene rings is 3. The van der Waals surface area contributed by atoms with Crippen molar-refractivity contribution in [3.63, 3.8) is 0 Å². The van der Waals surface area contributed by atoms with Gasteiger partial charge in [0.15, 0.2) is 11.5 Å². The van der Waals surface area contributed by atoms with Crippen LogP contribution in [0, 0.1) is 11.6 Å². The van der Waals surface area contributed by atoms with Crippen molar-refractivity contribution < 1.29 is 37.7 Å². The van der Waals surface area contributed by atoms with Gasteiger partial charge < -0.3 is 19.3 Å². The molecule has 0 bridgehead atoms. The van der Waals surface area contributed by atoms with E-state index in [1.54, 1.807) is 19.1 Å². The van der Waals surface area contributed by atoms with Crippen molar-refractivity contribution in [2.24, 2.45) is 0 Å². The van der Waals surface area contributed by atoms with E-state index in [1.165, 1.54) is 38.5 Å². The van der Waals surface area contributed by atoms with E-state index in [1.807, 2.05) is 0 Å². The number of Topliss-reactive ketones (excluding diaryl/α,β-unsaturated/α-hetero) is 1. The second-order valence-electron chi connectivity index (χ2n) is 7.96. The van der Waals surface area contributed by atoms with Crippen LogP contribution in [0.3, 0.4) is 0 Å². The van der Waals surface area contributed by atoms with E-state index >= 15 is 0 Å². The number of aliphatic hydroxyl groups is 1. The van der Waals surface area contributed by atoms with Crippen LogP contribution in [-0.2, 0) is 9.59 Å². The summed E-state index contributed by atoms with van der Waals surface area (Å²) in [6.45, 7) is 2.05. The molecule has 1 saturated heterocycles. The van der Waals surface area contributed by atoms with E-state index < -0.39 is 35.1 Å². The highest BCUT2D eigenvalue weighted by atomic mass is 35.5. The quantitative estimate of drug-likeness (QED) is 0.241. The lowest BCUT2D eigenvalue weighted by molar-refractivity contribution is -0.132. The highest BCUT2D eigenvalue weighted by Crippen LogP contribution is 2.45. The lowest BCUT2D eigenvalue weighted by Gasteiger charge is -2.26. The van der Waals surface area contributed by atoms with Crippen molar-refractivity contribution in [3.05, 3.63) is 88.0 Å². The zero-order valence-corrected chi connectivity index (χ0v) is 20.8. The van der Waals surface area contributed by atoms with E-state index in [0.717, 1.165) is 17.0 Å². The van der Waals surface area contributed by atoms with Crippen LogP contribution < -0.4 is 19.1 Å². The minimum atomic E-state index is -1.29. The molecule has 1 heterocycles. The maximum Gasteiger partial charge on any atom is 0.300 e. The Kier molecular flexibility index (Phi) is 7.35. The Labute approximate surface area is 216 Å². The number of ketones is 1. The standard InChI is InChI=1S/C27H22ClF2NO6/c1-4-37-22-12-14(5-10-21(22)36-3)24-23(25(32)15-6-9-20(35-2)17(28)11-15)26(33)27(34)31(24)19-8-7-16(29)13-18(19)30/h5-13,24,32H,4H2,1-3H3/b25-23+. The molecule has 4 rings (SSSR count). The third-order valence-electron chi connectivity index (χ3n) is 5.84. The SMILES string of the molecule is CCOc1cc(C2/C(=C(\O)c3ccc(OC)c(Cl)c3)C(=O)C(=O)N2c2ccc(F)cc2F)ccc1OC. The van der Waals surface area contributed by atoms with E-state index in [0.29, 0.717) is 28.9 Å². The number of anilines is 1. The molecule has 10 heteroatoms. The molecule has 1 aliphatic rings. The molecular weight excluding hydrogens is 508 g/mol. The average Bonchev–Trinajstić information content (AvgIpc) is 3.14. The Morgan fingerprint density at radius 3 is 2.30 bits per heavy atom. The van der Waals surface area contributed by atoms with Crippen LogP contribution in [0.2, 0.25) is 5.02 Å². The first kappa shape index (κ1) is 26.0. The molecule has 1 aliphatic heterocycles. The van der Waals surface area contributed by atoms with Crippen molar-refractivity contribution in [3.8, 4) is 17.2 Å². The molecule has 192 valence electrons. The van der Waals surface area contributed by atoms with E-state index in [9.17, 15) is 23.5 Å². The fourth-order valence-electron chi connectivity index (χ4n) is 4.17. The number of carbonyl (C=O) groups excluding carboxylic acids is 2. The predicted octanol–water partition coefficient (Wildman–Crippen LogP) is 5.66. The molecule has 0 spiro atoms. The first-order chi connectivity index (χ1) is 17.7. The van der Waals surface area contributed by atoms with Crippen molar-refractivity contribution in [2.45, 2.75) is 13.0 Å². The van der Waals surface area contributed by atoms with E-state index in [2.05, 4.69) is 0 Å². The molecule has 1 unspecified atom stereocenters. The predicted molar refractivity (Wildman–Crippen MR) is 133 cm³/mol. The molecule has 1 fully saturated rings. The summed E-state index contributed by atoms with van der Waals surface area (Å²) in [6, 6.07) is 10.3. The van der Waals surface area contributed by atoms with Crippen molar-refractivity contribution >= 4 is 34.7 Å². The summed E-state index contributed by atoms with van der Waals surface area (Å²) in [4.78, 5) is 27.4. The molecule has 3 aromatic rings.